The highest BCUT2D eigenvalue weighted by molar-refractivity contribution is 5.95. The molecule has 2 aliphatic rings. The summed E-state index contributed by atoms with van der Waals surface area (Å²) < 4.78 is 17.0. The number of nitrogens with one attached hydrogen (secondary N) is 1. The first-order chi connectivity index (χ1) is 17.3. The molecule has 0 aromatic heterocycles. The van der Waals surface area contributed by atoms with Crippen molar-refractivity contribution in [3.8, 4) is 28.4 Å². The van der Waals surface area contributed by atoms with Crippen LogP contribution in [0.25, 0.3) is 11.1 Å². The summed E-state index contributed by atoms with van der Waals surface area (Å²) in [7, 11) is 6.67. The SMILES string of the molecule is COc1cc2c(c(OC)c1OC)-c1ccc(C(=O)N3CCN(C)CC3)c(=O)cc1[C@@H](NC(C)=O)CC2. The standard InChI is InChI=1S/C27H33N3O6/c1-16(31)28-21-9-6-17-14-23(34-3)25(35-4)26(36-5)24(17)18-7-8-19(22(32)15-20(18)21)27(33)30-12-10-29(2)11-13-30/h7-8,14-15,21H,6,9-13H2,1-5H3,(H,28,31)/t21-/m0/s1. The number of hydrogen-bond donors (Lipinski definition) is 1. The van der Waals surface area contributed by atoms with Gasteiger partial charge in [0.1, 0.15) is 0 Å². The third-order valence-electron chi connectivity index (χ3n) is 6.94. The van der Waals surface area contributed by atoms with E-state index in [1.807, 2.05) is 13.1 Å². The highest BCUT2D eigenvalue weighted by Crippen LogP contribution is 2.50. The van der Waals surface area contributed by atoms with Crippen molar-refractivity contribution in [2.75, 3.05) is 54.6 Å². The zero-order valence-electron chi connectivity index (χ0n) is 21.5. The molecule has 0 bridgehead atoms. The molecule has 0 unspecified atom stereocenters. The highest BCUT2D eigenvalue weighted by atomic mass is 16.5. The maximum Gasteiger partial charge on any atom is 0.257 e. The number of methoxy groups -OCH3 is 3. The molecule has 1 fully saturated rings. The molecule has 1 aliphatic heterocycles. The maximum atomic E-state index is 13.4. The first kappa shape index (κ1) is 25.5. The fraction of sp³-hybridized carbons (Fsp3) is 0.444. The highest BCUT2D eigenvalue weighted by Gasteiger charge is 2.30. The summed E-state index contributed by atoms with van der Waals surface area (Å²) in [6, 6.07) is 6.35. The Hall–Kier alpha value is -3.59. The number of piperazine rings is 1. The lowest BCUT2D eigenvalue weighted by molar-refractivity contribution is -0.119. The van der Waals surface area contributed by atoms with E-state index in [0.717, 1.165) is 24.2 Å². The van der Waals surface area contributed by atoms with E-state index in [0.29, 0.717) is 54.3 Å². The van der Waals surface area contributed by atoms with Crippen LogP contribution in [0.3, 0.4) is 0 Å². The molecule has 192 valence electrons. The fourth-order valence-corrected chi connectivity index (χ4v) is 5.06. The number of ether oxygens (including phenoxy) is 3. The number of aryl methyl sites for hydroxylation is 1. The van der Waals surface area contributed by atoms with Gasteiger partial charge in [-0.2, -0.15) is 0 Å². The van der Waals surface area contributed by atoms with Gasteiger partial charge in [-0.05, 0) is 54.8 Å². The van der Waals surface area contributed by atoms with Crippen LogP contribution in [0.1, 0.15) is 40.9 Å². The lowest BCUT2D eigenvalue weighted by Crippen LogP contribution is -2.47. The Bertz CT molecular complexity index is 1240. The predicted molar refractivity (Wildman–Crippen MR) is 136 cm³/mol. The lowest BCUT2D eigenvalue weighted by atomic mass is 9.95. The number of amides is 2. The van der Waals surface area contributed by atoms with Gasteiger partial charge in [0.15, 0.2) is 16.9 Å². The lowest BCUT2D eigenvalue weighted by Gasteiger charge is -2.32. The molecule has 36 heavy (non-hydrogen) atoms. The number of carbonyl (C=O) groups excluding carboxylic acids is 2. The van der Waals surface area contributed by atoms with Gasteiger partial charge in [-0.25, -0.2) is 0 Å². The summed E-state index contributed by atoms with van der Waals surface area (Å²) in [4.78, 5) is 42.7. The molecule has 1 heterocycles. The number of nitrogens with zero attached hydrogens (tertiary/aromatic N) is 2. The first-order valence-electron chi connectivity index (χ1n) is 12.0. The third kappa shape index (κ3) is 4.75. The second kappa shape index (κ2) is 10.6. The Balaban J connectivity index is 1.94. The van der Waals surface area contributed by atoms with E-state index < -0.39 is 6.04 Å². The zero-order valence-corrected chi connectivity index (χ0v) is 21.5. The summed E-state index contributed by atoms with van der Waals surface area (Å²) in [5.74, 6) is 0.955. The molecular formula is C27H33N3O6. The first-order valence-corrected chi connectivity index (χ1v) is 12.0. The topological polar surface area (TPSA) is 97.4 Å². The molecule has 2 aromatic rings. The molecule has 4 rings (SSSR count). The van der Waals surface area contributed by atoms with Gasteiger partial charge in [0.25, 0.3) is 5.91 Å². The second-order valence-electron chi connectivity index (χ2n) is 9.19. The van der Waals surface area contributed by atoms with Crippen LogP contribution in [-0.2, 0) is 11.2 Å². The third-order valence-corrected chi connectivity index (χ3v) is 6.94. The summed E-state index contributed by atoms with van der Waals surface area (Å²) in [5.41, 5.74) is 2.76. The summed E-state index contributed by atoms with van der Waals surface area (Å²) in [6.07, 6.45) is 1.17. The van der Waals surface area contributed by atoms with Crippen LogP contribution in [0.4, 0.5) is 0 Å². The van der Waals surface area contributed by atoms with Gasteiger partial charge in [0.2, 0.25) is 11.7 Å². The van der Waals surface area contributed by atoms with Gasteiger partial charge in [0, 0.05) is 38.7 Å². The molecule has 9 nitrogen and oxygen atoms in total. The number of benzene rings is 1. The summed E-state index contributed by atoms with van der Waals surface area (Å²) >= 11 is 0. The smallest absolute Gasteiger partial charge is 0.257 e. The maximum absolute atomic E-state index is 13.4. The van der Waals surface area contributed by atoms with E-state index in [2.05, 4.69) is 10.2 Å². The molecule has 2 aromatic carbocycles. The van der Waals surface area contributed by atoms with Crippen LogP contribution < -0.4 is 25.0 Å². The van der Waals surface area contributed by atoms with Crippen LogP contribution in [0.2, 0.25) is 0 Å². The number of fused-ring (bicyclic) bond motifs is 3. The van der Waals surface area contributed by atoms with Gasteiger partial charge < -0.3 is 29.3 Å². The monoisotopic (exact) mass is 495 g/mol. The van der Waals surface area contributed by atoms with E-state index in [1.165, 1.54) is 20.1 Å². The van der Waals surface area contributed by atoms with Gasteiger partial charge >= 0.3 is 0 Å². The average Bonchev–Trinajstić information content (AvgIpc) is 3.11. The Kier molecular flexibility index (Phi) is 7.49. The predicted octanol–water partition coefficient (Wildman–Crippen LogP) is 2.25. The molecule has 9 heteroatoms. The Morgan fingerprint density at radius 3 is 2.28 bits per heavy atom. The van der Waals surface area contributed by atoms with Crippen LogP contribution in [0.15, 0.2) is 29.1 Å². The van der Waals surface area contributed by atoms with Crippen molar-refractivity contribution < 1.29 is 23.8 Å². The molecular weight excluding hydrogens is 462 g/mol. The Morgan fingerprint density at radius 2 is 1.67 bits per heavy atom. The molecule has 0 spiro atoms. The van der Waals surface area contributed by atoms with E-state index in [-0.39, 0.29) is 22.8 Å². The molecule has 1 N–H and O–H groups in total. The van der Waals surface area contributed by atoms with Crippen molar-refractivity contribution in [3.63, 3.8) is 0 Å². The van der Waals surface area contributed by atoms with Gasteiger partial charge in [-0.3, -0.25) is 14.4 Å². The zero-order chi connectivity index (χ0) is 26.0. The molecule has 0 saturated carbocycles. The van der Waals surface area contributed by atoms with Crippen LogP contribution in [0.5, 0.6) is 17.2 Å². The Morgan fingerprint density at radius 1 is 0.972 bits per heavy atom. The number of hydrogen-bond acceptors (Lipinski definition) is 7. The van der Waals surface area contributed by atoms with Crippen molar-refractivity contribution in [2.45, 2.75) is 25.8 Å². The quantitative estimate of drug-likeness (QED) is 0.680. The van der Waals surface area contributed by atoms with E-state index in [9.17, 15) is 14.4 Å². The summed E-state index contributed by atoms with van der Waals surface area (Å²) in [6.45, 7) is 4.09. The average molecular weight is 496 g/mol. The van der Waals surface area contributed by atoms with Crippen molar-refractivity contribution in [1.82, 2.24) is 15.1 Å². The van der Waals surface area contributed by atoms with Crippen LogP contribution >= 0.6 is 0 Å². The van der Waals surface area contributed by atoms with Crippen molar-refractivity contribution in [3.05, 3.63) is 51.2 Å². The molecule has 0 radical (unpaired) electrons. The number of carbonyl (C=O) groups is 2. The van der Waals surface area contributed by atoms with Crippen molar-refractivity contribution in [2.24, 2.45) is 0 Å². The minimum absolute atomic E-state index is 0.107. The molecule has 1 atom stereocenters. The fourth-order valence-electron chi connectivity index (χ4n) is 5.06. The van der Waals surface area contributed by atoms with Crippen molar-refractivity contribution in [1.29, 1.82) is 0 Å². The second-order valence-corrected chi connectivity index (χ2v) is 9.19. The Labute approximate surface area is 210 Å². The van der Waals surface area contributed by atoms with Gasteiger partial charge in [0.05, 0.1) is 32.9 Å². The largest absolute Gasteiger partial charge is 0.493 e. The van der Waals surface area contributed by atoms with Gasteiger partial charge in [-0.15, -0.1) is 0 Å². The minimum Gasteiger partial charge on any atom is -0.493 e. The molecule has 1 saturated heterocycles. The molecule has 1 aliphatic carbocycles. The summed E-state index contributed by atoms with van der Waals surface area (Å²) in [5, 5.41) is 2.98. The van der Waals surface area contributed by atoms with Crippen LogP contribution in [-0.4, -0.2) is 76.2 Å². The van der Waals surface area contributed by atoms with E-state index >= 15 is 0 Å². The minimum atomic E-state index is -0.418. The van der Waals surface area contributed by atoms with Gasteiger partial charge in [-0.1, -0.05) is 6.07 Å². The van der Waals surface area contributed by atoms with E-state index in [1.54, 1.807) is 31.3 Å². The van der Waals surface area contributed by atoms with Crippen LogP contribution in [0, 0.1) is 0 Å². The van der Waals surface area contributed by atoms with E-state index in [4.69, 9.17) is 14.2 Å². The van der Waals surface area contributed by atoms with Crippen molar-refractivity contribution >= 4 is 11.8 Å². The number of likely N-dealkylation sites (N-methyl/N-ethyl adjacent to an activating group) is 1. The molecule has 2 amide bonds. The normalized spacial score (nSPS) is 17.4. The number of rotatable bonds is 5.